The highest BCUT2D eigenvalue weighted by Gasteiger charge is 2.34. The molecule has 1 aromatic heterocycles. The summed E-state index contributed by atoms with van der Waals surface area (Å²) in [7, 11) is 0. The molecule has 2 saturated heterocycles. The van der Waals surface area contributed by atoms with Gasteiger partial charge in [0.2, 0.25) is 5.95 Å². The zero-order chi connectivity index (χ0) is 27.7. The molecule has 0 bridgehead atoms. The van der Waals surface area contributed by atoms with E-state index in [4.69, 9.17) is 14.2 Å². The maximum absolute atomic E-state index is 12.1. The molecule has 5 rings (SSSR count). The quantitative estimate of drug-likeness (QED) is 0.385. The Hall–Kier alpha value is -3.83. The predicted octanol–water partition coefficient (Wildman–Crippen LogP) is 4.07. The average Bonchev–Trinajstić information content (AvgIpc) is 3.01. The van der Waals surface area contributed by atoms with Gasteiger partial charge in [-0.15, -0.1) is 0 Å². The van der Waals surface area contributed by atoms with Crippen molar-refractivity contribution in [2.45, 2.75) is 31.5 Å². The Balaban J connectivity index is 1.29. The molecule has 0 spiro atoms. The van der Waals surface area contributed by atoms with E-state index >= 15 is 0 Å². The van der Waals surface area contributed by atoms with Crippen LogP contribution in [0.3, 0.4) is 0 Å². The van der Waals surface area contributed by atoms with Gasteiger partial charge in [-0.3, -0.25) is 10.2 Å². The third kappa shape index (κ3) is 7.22. The minimum Gasteiger partial charge on any atom is -0.445 e. The molecule has 10 nitrogen and oxygen atoms in total. The summed E-state index contributed by atoms with van der Waals surface area (Å²) in [6.07, 6.45) is 4.32. The first kappa shape index (κ1) is 27.7. The van der Waals surface area contributed by atoms with Crippen LogP contribution in [0, 0.1) is 0 Å². The summed E-state index contributed by atoms with van der Waals surface area (Å²) in [5.74, 6) is 0.762. The Bertz CT molecular complexity index is 1250. The molecule has 3 atom stereocenters. The first-order valence-corrected chi connectivity index (χ1v) is 13.5. The number of anilines is 2. The second-order valence-corrected chi connectivity index (χ2v) is 9.82. The van der Waals surface area contributed by atoms with E-state index in [0.717, 1.165) is 55.4 Å². The lowest BCUT2D eigenvalue weighted by atomic mass is 9.99. The van der Waals surface area contributed by atoms with Crippen molar-refractivity contribution in [1.29, 1.82) is 0 Å². The van der Waals surface area contributed by atoms with Crippen LogP contribution in [-0.2, 0) is 20.8 Å². The van der Waals surface area contributed by atoms with Gasteiger partial charge in [-0.1, -0.05) is 49.1 Å². The highest BCUT2D eigenvalue weighted by atomic mass is 16.7. The first-order chi connectivity index (χ1) is 19.6. The van der Waals surface area contributed by atoms with E-state index in [-0.39, 0.29) is 25.4 Å². The highest BCUT2D eigenvalue weighted by Crippen LogP contribution is 2.38. The zero-order valence-corrected chi connectivity index (χ0v) is 22.4. The summed E-state index contributed by atoms with van der Waals surface area (Å²) in [5, 5.41) is 12.2. The number of hydrogen-bond acceptors (Lipinski definition) is 9. The van der Waals surface area contributed by atoms with E-state index in [9.17, 15) is 9.90 Å². The lowest BCUT2D eigenvalue weighted by Gasteiger charge is -2.40. The maximum Gasteiger partial charge on any atom is 0.411 e. The number of carbonyl (C=O) groups is 1. The summed E-state index contributed by atoms with van der Waals surface area (Å²) >= 11 is 0. The summed E-state index contributed by atoms with van der Waals surface area (Å²) in [6, 6.07) is 17.1. The van der Waals surface area contributed by atoms with Crippen LogP contribution < -0.4 is 10.2 Å². The zero-order valence-electron chi connectivity index (χ0n) is 22.4. The SMILES string of the molecule is C=CCOC(=O)Nc1cccc(C2OC(CN3CCN(c4ncccn4)CC3)CC(c3ccc(CO)cc3)O2)c1. The van der Waals surface area contributed by atoms with Gasteiger partial charge in [0, 0.05) is 62.8 Å². The van der Waals surface area contributed by atoms with Gasteiger partial charge in [0.15, 0.2) is 6.29 Å². The largest absolute Gasteiger partial charge is 0.445 e. The van der Waals surface area contributed by atoms with E-state index in [2.05, 4.69) is 31.7 Å². The molecule has 2 aliphatic rings. The van der Waals surface area contributed by atoms with Crippen LogP contribution in [0.4, 0.5) is 16.4 Å². The number of amides is 1. The Morgan fingerprint density at radius 3 is 2.55 bits per heavy atom. The van der Waals surface area contributed by atoms with Gasteiger partial charge in [0.1, 0.15) is 6.61 Å². The molecule has 3 unspecified atom stereocenters. The van der Waals surface area contributed by atoms with Crippen LogP contribution in [0.5, 0.6) is 0 Å². The summed E-state index contributed by atoms with van der Waals surface area (Å²) in [4.78, 5) is 25.4. The molecule has 2 aromatic carbocycles. The molecule has 2 N–H and O–H groups in total. The van der Waals surface area contributed by atoms with Gasteiger partial charge in [-0.05, 0) is 29.3 Å². The fourth-order valence-electron chi connectivity index (χ4n) is 4.96. The van der Waals surface area contributed by atoms with E-state index in [1.165, 1.54) is 6.08 Å². The van der Waals surface area contributed by atoms with E-state index in [1.54, 1.807) is 18.5 Å². The molecule has 2 aliphatic heterocycles. The summed E-state index contributed by atoms with van der Waals surface area (Å²) < 4.78 is 18.0. The molecule has 1 amide bonds. The molecule has 0 saturated carbocycles. The van der Waals surface area contributed by atoms with E-state index < -0.39 is 12.4 Å². The number of nitrogens with zero attached hydrogens (tertiary/aromatic N) is 4. The molecule has 3 heterocycles. The number of aromatic nitrogens is 2. The van der Waals surface area contributed by atoms with Crippen LogP contribution in [0.25, 0.3) is 0 Å². The monoisotopic (exact) mass is 545 g/mol. The van der Waals surface area contributed by atoms with Gasteiger partial charge in [0.25, 0.3) is 0 Å². The average molecular weight is 546 g/mol. The molecule has 0 aliphatic carbocycles. The topological polar surface area (TPSA) is 109 Å². The number of aliphatic hydroxyl groups is 1. The minimum absolute atomic E-state index is 0.00477. The molecule has 10 heteroatoms. The second-order valence-electron chi connectivity index (χ2n) is 9.82. The Morgan fingerprint density at radius 1 is 1.05 bits per heavy atom. The molecular formula is C30H35N5O5. The smallest absolute Gasteiger partial charge is 0.411 e. The lowest BCUT2D eigenvalue weighted by molar-refractivity contribution is -0.253. The molecule has 210 valence electrons. The van der Waals surface area contributed by atoms with Gasteiger partial charge >= 0.3 is 6.09 Å². The number of benzene rings is 2. The van der Waals surface area contributed by atoms with Gasteiger partial charge < -0.3 is 24.2 Å². The third-order valence-corrected chi connectivity index (χ3v) is 7.02. The molecular weight excluding hydrogens is 510 g/mol. The number of piperazine rings is 1. The fourth-order valence-corrected chi connectivity index (χ4v) is 4.96. The van der Waals surface area contributed by atoms with E-state index in [1.807, 2.05) is 48.5 Å². The predicted molar refractivity (Wildman–Crippen MR) is 151 cm³/mol. The van der Waals surface area contributed by atoms with Crippen molar-refractivity contribution in [3.8, 4) is 0 Å². The van der Waals surface area contributed by atoms with Crippen molar-refractivity contribution in [3.05, 3.63) is 96.3 Å². The van der Waals surface area contributed by atoms with Gasteiger partial charge in [0.05, 0.1) is 18.8 Å². The molecule has 40 heavy (non-hydrogen) atoms. The van der Waals surface area contributed by atoms with Crippen LogP contribution >= 0.6 is 0 Å². The number of nitrogens with one attached hydrogen (secondary N) is 1. The lowest BCUT2D eigenvalue weighted by Crippen LogP contribution is -2.50. The molecule has 3 aromatic rings. The van der Waals surface area contributed by atoms with Crippen molar-refractivity contribution in [2.75, 3.05) is 49.5 Å². The van der Waals surface area contributed by atoms with Crippen molar-refractivity contribution in [1.82, 2.24) is 14.9 Å². The van der Waals surface area contributed by atoms with Crippen LogP contribution in [0.1, 0.15) is 35.5 Å². The van der Waals surface area contributed by atoms with Crippen LogP contribution in [0.2, 0.25) is 0 Å². The number of hydrogen-bond donors (Lipinski definition) is 2. The first-order valence-electron chi connectivity index (χ1n) is 13.5. The minimum atomic E-state index is -0.619. The van der Waals surface area contributed by atoms with E-state index in [0.29, 0.717) is 12.1 Å². The van der Waals surface area contributed by atoms with Crippen molar-refractivity contribution in [2.24, 2.45) is 0 Å². The van der Waals surface area contributed by atoms with Crippen LogP contribution in [0.15, 0.2) is 79.6 Å². The molecule has 2 fully saturated rings. The fraction of sp³-hybridized carbons (Fsp3) is 0.367. The van der Waals surface area contributed by atoms with Crippen molar-refractivity contribution < 1.29 is 24.1 Å². The van der Waals surface area contributed by atoms with Crippen molar-refractivity contribution >= 4 is 17.7 Å². The van der Waals surface area contributed by atoms with Crippen LogP contribution in [-0.4, -0.2) is 71.5 Å². The highest BCUT2D eigenvalue weighted by molar-refractivity contribution is 5.84. The van der Waals surface area contributed by atoms with Gasteiger partial charge in [-0.2, -0.15) is 0 Å². The normalized spacial score (nSPS) is 21.5. The number of carbonyl (C=O) groups excluding carboxylic acids is 1. The number of rotatable bonds is 9. The molecule has 0 radical (unpaired) electrons. The maximum atomic E-state index is 12.1. The Kier molecular flexibility index (Phi) is 9.35. The summed E-state index contributed by atoms with van der Waals surface area (Å²) in [6.45, 7) is 7.90. The Labute approximate surface area is 234 Å². The summed E-state index contributed by atoms with van der Waals surface area (Å²) in [5.41, 5.74) is 3.27. The second kappa shape index (κ2) is 13.5. The Morgan fingerprint density at radius 2 is 1.82 bits per heavy atom. The number of aliphatic hydroxyl groups excluding tert-OH is 1. The van der Waals surface area contributed by atoms with Crippen molar-refractivity contribution in [3.63, 3.8) is 0 Å². The van der Waals surface area contributed by atoms with Gasteiger partial charge in [-0.25, -0.2) is 14.8 Å². The third-order valence-electron chi connectivity index (χ3n) is 7.02. The number of ether oxygens (including phenoxy) is 3. The standard InChI is InChI=1S/C30H35N5O5/c1-2-17-38-30(37)33-25-6-3-5-24(18-25)28-39-26(19-27(40-28)23-9-7-22(21-36)8-10-23)20-34-13-15-35(16-14-34)29-31-11-4-12-32-29/h2-12,18,26-28,36H,1,13-17,19-21H2,(H,33,37).